The van der Waals surface area contributed by atoms with E-state index in [4.69, 9.17) is 19.7 Å². The molecule has 178 valence electrons. The number of nitrogens with zero attached hydrogens (tertiary/aromatic N) is 1. The average molecular weight is 458 g/mol. The number of hydrogen-bond donors (Lipinski definition) is 4. The fourth-order valence-corrected chi connectivity index (χ4v) is 3.13. The molecule has 0 bridgehead atoms. The second-order valence-electron chi connectivity index (χ2n) is 7.03. The van der Waals surface area contributed by atoms with E-state index in [1.807, 2.05) is 4.90 Å². The Morgan fingerprint density at radius 2 is 1.67 bits per heavy atom. The molecule has 2 rings (SSSR count). The van der Waals surface area contributed by atoms with Crippen molar-refractivity contribution >= 4 is 23.6 Å². The van der Waals surface area contributed by atoms with Crippen LogP contribution in [-0.4, -0.2) is 80.5 Å². The van der Waals surface area contributed by atoms with Gasteiger partial charge in [-0.05, 0) is 35.9 Å². The first kappa shape index (κ1) is 25.9. The van der Waals surface area contributed by atoms with Crippen LogP contribution < -0.4 is 20.1 Å². The summed E-state index contributed by atoms with van der Waals surface area (Å²) in [5.74, 6) is 0.429. The van der Waals surface area contributed by atoms with Crippen LogP contribution in [0.4, 0.5) is 5.69 Å². The quantitative estimate of drug-likeness (QED) is 0.335. The molecule has 0 saturated carbocycles. The Balaban J connectivity index is 1.99. The molecule has 2 aromatic carbocycles. The van der Waals surface area contributed by atoms with Gasteiger partial charge in [0.1, 0.15) is 0 Å². The number of ether oxygens (including phenoxy) is 2. The molecule has 0 aliphatic heterocycles. The Labute approximate surface area is 193 Å². The highest BCUT2D eigenvalue weighted by Crippen LogP contribution is 2.28. The molecule has 0 aromatic heterocycles. The van der Waals surface area contributed by atoms with Crippen LogP contribution in [0.5, 0.6) is 11.5 Å². The summed E-state index contributed by atoms with van der Waals surface area (Å²) in [6, 6.07) is 12.0. The zero-order valence-corrected chi connectivity index (χ0v) is 18.9. The highest BCUT2D eigenvalue weighted by Gasteiger charge is 2.13. The van der Waals surface area contributed by atoms with Gasteiger partial charge in [0, 0.05) is 32.3 Å². The van der Waals surface area contributed by atoms with Gasteiger partial charge in [-0.25, -0.2) is 0 Å². The average Bonchev–Trinajstić information content (AvgIpc) is 2.83. The van der Waals surface area contributed by atoms with Crippen molar-refractivity contribution in [1.82, 2.24) is 10.2 Å². The SMILES string of the molecule is COc1ccc(C=CC(=O)Nc2ccccc2C(=O)NCCN(CCO)CCO)cc1OC. The first-order valence-electron chi connectivity index (χ1n) is 10.5. The van der Waals surface area contributed by atoms with Crippen LogP contribution in [0.25, 0.3) is 6.08 Å². The molecule has 0 atom stereocenters. The second kappa shape index (κ2) is 13.9. The van der Waals surface area contributed by atoms with Crippen LogP contribution in [0, 0.1) is 0 Å². The molecule has 9 heteroatoms. The number of carbonyl (C=O) groups is 2. The van der Waals surface area contributed by atoms with Gasteiger partial charge in [-0.3, -0.25) is 14.5 Å². The summed E-state index contributed by atoms with van der Waals surface area (Å²) in [6.45, 7) is 1.58. The van der Waals surface area contributed by atoms with Crippen LogP contribution in [0.3, 0.4) is 0 Å². The number of anilines is 1. The third kappa shape index (κ3) is 8.23. The number of aliphatic hydroxyl groups is 2. The number of para-hydroxylation sites is 1. The molecule has 0 aliphatic carbocycles. The maximum atomic E-state index is 12.6. The predicted octanol–water partition coefficient (Wildman–Crippen LogP) is 1.37. The summed E-state index contributed by atoms with van der Waals surface area (Å²) in [5, 5.41) is 23.7. The molecule has 0 spiro atoms. The lowest BCUT2D eigenvalue weighted by molar-refractivity contribution is -0.111. The van der Waals surface area contributed by atoms with Crippen molar-refractivity contribution < 1.29 is 29.3 Å². The van der Waals surface area contributed by atoms with Gasteiger partial charge in [-0.15, -0.1) is 0 Å². The standard InChI is InChI=1S/C24H31N3O6/c1-32-21-9-7-18(17-22(21)33-2)8-10-23(30)26-20-6-4-3-5-19(20)24(31)25-11-12-27(13-15-28)14-16-29/h3-10,17,28-29H,11-16H2,1-2H3,(H,25,31)(H,26,30). The number of nitrogens with one attached hydrogen (secondary N) is 2. The molecule has 0 aliphatic rings. The van der Waals surface area contributed by atoms with Crippen molar-refractivity contribution in [2.75, 3.05) is 58.9 Å². The molecule has 0 unspecified atom stereocenters. The molecule has 0 fully saturated rings. The lowest BCUT2D eigenvalue weighted by Crippen LogP contribution is -2.38. The minimum atomic E-state index is -0.387. The first-order chi connectivity index (χ1) is 16.0. The zero-order valence-electron chi connectivity index (χ0n) is 18.9. The van der Waals surface area contributed by atoms with Crippen molar-refractivity contribution in [1.29, 1.82) is 0 Å². The molecule has 2 amide bonds. The molecule has 33 heavy (non-hydrogen) atoms. The van der Waals surface area contributed by atoms with E-state index < -0.39 is 0 Å². The minimum absolute atomic E-state index is 0.0281. The van der Waals surface area contributed by atoms with Crippen molar-refractivity contribution in [3.05, 3.63) is 59.7 Å². The number of benzene rings is 2. The predicted molar refractivity (Wildman–Crippen MR) is 127 cm³/mol. The second-order valence-corrected chi connectivity index (χ2v) is 7.03. The first-order valence-corrected chi connectivity index (χ1v) is 10.5. The number of amides is 2. The normalized spacial score (nSPS) is 10.9. The Bertz CT molecular complexity index is 942. The maximum absolute atomic E-state index is 12.6. The van der Waals surface area contributed by atoms with Crippen molar-refractivity contribution in [3.8, 4) is 11.5 Å². The maximum Gasteiger partial charge on any atom is 0.253 e. The molecular formula is C24H31N3O6. The minimum Gasteiger partial charge on any atom is -0.493 e. The van der Waals surface area contributed by atoms with Gasteiger partial charge in [0.05, 0.1) is 38.7 Å². The van der Waals surface area contributed by atoms with E-state index in [1.165, 1.54) is 13.2 Å². The number of rotatable bonds is 13. The number of methoxy groups -OCH3 is 2. The fourth-order valence-electron chi connectivity index (χ4n) is 3.13. The molecule has 0 radical (unpaired) electrons. The highest BCUT2D eigenvalue weighted by molar-refractivity contribution is 6.07. The Morgan fingerprint density at radius 1 is 0.970 bits per heavy atom. The molecule has 2 aromatic rings. The smallest absolute Gasteiger partial charge is 0.253 e. The summed E-state index contributed by atoms with van der Waals surface area (Å²) in [5.41, 5.74) is 1.48. The van der Waals surface area contributed by atoms with Crippen molar-refractivity contribution in [2.45, 2.75) is 0 Å². The van der Waals surface area contributed by atoms with E-state index in [1.54, 1.807) is 55.7 Å². The monoisotopic (exact) mass is 457 g/mol. The number of aliphatic hydroxyl groups excluding tert-OH is 2. The topological polar surface area (TPSA) is 120 Å². The van der Waals surface area contributed by atoms with Crippen LogP contribution in [0.2, 0.25) is 0 Å². The van der Waals surface area contributed by atoms with Crippen LogP contribution in [0.1, 0.15) is 15.9 Å². The van der Waals surface area contributed by atoms with Gasteiger partial charge < -0.3 is 30.3 Å². The van der Waals surface area contributed by atoms with Gasteiger partial charge in [0.25, 0.3) is 5.91 Å². The number of hydrogen-bond acceptors (Lipinski definition) is 7. The van der Waals surface area contributed by atoms with Crippen molar-refractivity contribution in [2.24, 2.45) is 0 Å². The number of carbonyl (C=O) groups excluding carboxylic acids is 2. The van der Waals surface area contributed by atoms with Gasteiger partial charge >= 0.3 is 0 Å². The summed E-state index contributed by atoms with van der Waals surface area (Å²) in [4.78, 5) is 26.9. The largest absolute Gasteiger partial charge is 0.493 e. The third-order valence-electron chi connectivity index (χ3n) is 4.81. The van der Waals surface area contributed by atoms with E-state index in [-0.39, 0.29) is 25.0 Å². The summed E-state index contributed by atoms with van der Waals surface area (Å²) >= 11 is 0. The molecule has 0 heterocycles. The Morgan fingerprint density at radius 3 is 2.33 bits per heavy atom. The summed E-state index contributed by atoms with van der Waals surface area (Å²) < 4.78 is 10.5. The molecular weight excluding hydrogens is 426 g/mol. The van der Waals surface area contributed by atoms with E-state index in [2.05, 4.69) is 10.6 Å². The van der Waals surface area contributed by atoms with Gasteiger partial charge in [0.2, 0.25) is 5.91 Å². The van der Waals surface area contributed by atoms with E-state index in [0.717, 1.165) is 5.56 Å². The van der Waals surface area contributed by atoms with Gasteiger partial charge in [-0.2, -0.15) is 0 Å². The van der Waals surface area contributed by atoms with Crippen LogP contribution in [0.15, 0.2) is 48.5 Å². The molecule has 4 N–H and O–H groups in total. The molecule has 0 saturated heterocycles. The lowest BCUT2D eigenvalue weighted by atomic mass is 10.1. The zero-order chi connectivity index (χ0) is 24.1. The highest BCUT2D eigenvalue weighted by atomic mass is 16.5. The fraction of sp³-hybridized carbons (Fsp3) is 0.333. The van der Waals surface area contributed by atoms with E-state index in [0.29, 0.717) is 48.9 Å². The molecule has 9 nitrogen and oxygen atoms in total. The van der Waals surface area contributed by atoms with Crippen molar-refractivity contribution in [3.63, 3.8) is 0 Å². The summed E-state index contributed by atoms with van der Waals surface area (Å²) in [7, 11) is 3.09. The third-order valence-corrected chi connectivity index (χ3v) is 4.81. The van der Waals surface area contributed by atoms with E-state index in [9.17, 15) is 9.59 Å². The summed E-state index contributed by atoms with van der Waals surface area (Å²) in [6.07, 6.45) is 3.01. The lowest BCUT2D eigenvalue weighted by Gasteiger charge is -2.20. The Hall–Kier alpha value is -3.40. The van der Waals surface area contributed by atoms with Crippen LogP contribution >= 0.6 is 0 Å². The van der Waals surface area contributed by atoms with Gasteiger partial charge in [-0.1, -0.05) is 18.2 Å². The Kier molecular flexibility index (Phi) is 10.9. The van der Waals surface area contributed by atoms with E-state index >= 15 is 0 Å². The van der Waals surface area contributed by atoms with Gasteiger partial charge in [0.15, 0.2) is 11.5 Å². The van der Waals surface area contributed by atoms with Crippen LogP contribution in [-0.2, 0) is 4.79 Å².